The molecule has 1 heterocycles. The first-order chi connectivity index (χ1) is 11.7. The van der Waals surface area contributed by atoms with Gasteiger partial charge in [0.15, 0.2) is 0 Å². The maximum Gasteiger partial charge on any atom is 0.115 e. The van der Waals surface area contributed by atoms with Crippen molar-refractivity contribution >= 4 is 0 Å². The van der Waals surface area contributed by atoms with Gasteiger partial charge in [0.05, 0.1) is 11.7 Å². The van der Waals surface area contributed by atoms with Crippen molar-refractivity contribution in [2.24, 2.45) is 5.92 Å². The Hall–Kier alpha value is -1.10. The number of hydrogen-bond acceptors (Lipinski definition) is 4. The lowest BCUT2D eigenvalue weighted by atomic mass is 9.79. The van der Waals surface area contributed by atoms with Crippen LogP contribution in [0.1, 0.15) is 44.1 Å². The van der Waals surface area contributed by atoms with Gasteiger partial charge in [-0.1, -0.05) is 12.1 Å². The van der Waals surface area contributed by atoms with Gasteiger partial charge in [0.25, 0.3) is 0 Å². The lowest BCUT2D eigenvalue weighted by Gasteiger charge is -2.43. The molecule has 1 aliphatic heterocycles. The number of ether oxygens (including phenoxy) is 2. The van der Waals surface area contributed by atoms with E-state index in [1.807, 2.05) is 19.2 Å². The summed E-state index contributed by atoms with van der Waals surface area (Å²) in [6.07, 6.45) is 7.46. The first kappa shape index (κ1) is 16.4. The van der Waals surface area contributed by atoms with Crippen molar-refractivity contribution in [1.29, 1.82) is 0 Å². The van der Waals surface area contributed by atoms with Gasteiger partial charge in [-0.15, -0.1) is 0 Å². The molecule has 1 aromatic carbocycles. The highest BCUT2D eigenvalue weighted by Gasteiger charge is 2.51. The molecule has 1 saturated heterocycles. The van der Waals surface area contributed by atoms with Gasteiger partial charge >= 0.3 is 0 Å². The minimum atomic E-state index is -0.00370. The molecule has 2 aliphatic carbocycles. The van der Waals surface area contributed by atoms with Gasteiger partial charge in [0.1, 0.15) is 5.75 Å². The van der Waals surface area contributed by atoms with E-state index in [-0.39, 0.29) is 5.60 Å². The molecule has 0 spiro atoms. The minimum absolute atomic E-state index is 0.00370. The average molecular weight is 331 g/mol. The van der Waals surface area contributed by atoms with Gasteiger partial charge in [-0.25, -0.2) is 0 Å². The molecular weight excluding hydrogens is 302 g/mol. The highest BCUT2D eigenvalue weighted by molar-refractivity contribution is 5.27. The van der Waals surface area contributed by atoms with Crippen molar-refractivity contribution in [2.45, 2.75) is 62.8 Å². The second kappa shape index (κ2) is 6.66. The third-order valence-electron chi connectivity index (χ3n) is 6.21. The molecular formula is C20H29NO3. The molecule has 1 N–H and O–H groups in total. The Bertz CT molecular complexity index is 574. The number of methoxy groups -OCH3 is 1. The Morgan fingerprint density at radius 3 is 2.88 bits per heavy atom. The molecule has 4 heteroatoms. The number of rotatable bonds is 6. The van der Waals surface area contributed by atoms with Gasteiger partial charge in [0, 0.05) is 32.8 Å². The third kappa shape index (κ3) is 3.32. The fourth-order valence-electron chi connectivity index (χ4n) is 4.54. The fraction of sp³-hybridized carbons (Fsp3) is 0.700. The lowest BCUT2D eigenvalue weighted by molar-refractivity contribution is -0.103. The van der Waals surface area contributed by atoms with Crippen LogP contribution in [0, 0.1) is 5.92 Å². The number of likely N-dealkylation sites (tertiary alicyclic amines) is 1. The largest absolute Gasteiger partial charge is 0.508 e. The Balaban J connectivity index is 1.44. The molecule has 0 amide bonds. The second-order valence-corrected chi connectivity index (χ2v) is 7.85. The van der Waals surface area contributed by atoms with Gasteiger partial charge < -0.3 is 14.6 Å². The van der Waals surface area contributed by atoms with Gasteiger partial charge in [-0.2, -0.15) is 0 Å². The average Bonchev–Trinajstić information content (AvgIpc) is 3.36. The number of hydrogen-bond donors (Lipinski definition) is 1. The van der Waals surface area contributed by atoms with Crippen LogP contribution in [0.3, 0.4) is 0 Å². The van der Waals surface area contributed by atoms with E-state index in [2.05, 4.69) is 11.0 Å². The summed E-state index contributed by atoms with van der Waals surface area (Å²) in [6.45, 7) is 2.88. The van der Waals surface area contributed by atoms with E-state index >= 15 is 0 Å². The lowest BCUT2D eigenvalue weighted by Crippen LogP contribution is -2.51. The topological polar surface area (TPSA) is 41.9 Å². The van der Waals surface area contributed by atoms with Crippen molar-refractivity contribution < 1.29 is 14.6 Å². The van der Waals surface area contributed by atoms with Crippen molar-refractivity contribution in [1.82, 2.24) is 4.90 Å². The summed E-state index contributed by atoms with van der Waals surface area (Å²) in [4.78, 5) is 2.53. The maximum absolute atomic E-state index is 9.72. The number of phenolic OH excluding ortho intramolecular Hbond substituents is 1. The Morgan fingerprint density at radius 1 is 1.25 bits per heavy atom. The molecule has 3 fully saturated rings. The molecule has 132 valence electrons. The highest BCUT2D eigenvalue weighted by atomic mass is 16.5. The molecule has 2 saturated carbocycles. The van der Waals surface area contributed by atoms with Crippen LogP contribution < -0.4 is 0 Å². The SMILES string of the molecule is CO[C@@]12CC[C@@H](OCC3CC3)C[C@@H]1N(Cc1cccc(O)c1)CC2. The number of aromatic hydroxyl groups is 1. The minimum Gasteiger partial charge on any atom is -0.508 e. The predicted molar refractivity (Wildman–Crippen MR) is 93.0 cm³/mol. The molecule has 24 heavy (non-hydrogen) atoms. The Morgan fingerprint density at radius 2 is 2.12 bits per heavy atom. The summed E-state index contributed by atoms with van der Waals surface area (Å²) >= 11 is 0. The van der Waals surface area contributed by atoms with E-state index in [0.717, 1.165) is 51.3 Å². The van der Waals surface area contributed by atoms with Crippen LogP contribution >= 0.6 is 0 Å². The van der Waals surface area contributed by atoms with Crippen molar-refractivity contribution in [2.75, 3.05) is 20.3 Å². The molecule has 0 bridgehead atoms. The van der Waals surface area contributed by atoms with E-state index in [9.17, 15) is 5.11 Å². The first-order valence-corrected chi connectivity index (χ1v) is 9.37. The summed E-state index contributed by atoms with van der Waals surface area (Å²) in [5.41, 5.74) is 1.17. The van der Waals surface area contributed by atoms with Crippen LogP contribution in [0.25, 0.3) is 0 Å². The molecule has 0 radical (unpaired) electrons. The van der Waals surface area contributed by atoms with Crippen LogP contribution in [-0.2, 0) is 16.0 Å². The van der Waals surface area contributed by atoms with Crippen molar-refractivity contribution in [3.8, 4) is 5.75 Å². The van der Waals surface area contributed by atoms with Gasteiger partial charge in [-0.3, -0.25) is 4.90 Å². The zero-order valence-corrected chi connectivity index (χ0v) is 14.6. The smallest absolute Gasteiger partial charge is 0.115 e. The fourth-order valence-corrected chi connectivity index (χ4v) is 4.54. The quantitative estimate of drug-likeness (QED) is 0.868. The van der Waals surface area contributed by atoms with E-state index in [0.29, 0.717) is 17.9 Å². The zero-order chi connectivity index (χ0) is 16.6. The van der Waals surface area contributed by atoms with E-state index in [4.69, 9.17) is 9.47 Å². The first-order valence-electron chi connectivity index (χ1n) is 9.37. The number of nitrogens with zero attached hydrogens (tertiary/aromatic N) is 1. The molecule has 1 aromatic rings. The normalized spacial score (nSPS) is 33.5. The summed E-state index contributed by atoms with van der Waals surface area (Å²) < 4.78 is 12.2. The molecule has 0 aromatic heterocycles. The summed E-state index contributed by atoms with van der Waals surface area (Å²) in [6, 6.07) is 8.04. The molecule has 4 rings (SSSR count). The molecule has 3 aliphatic rings. The van der Waals surface area contributed by atoms with Gasteiger partial charge in [-0.05, 0) is 62.1 Å². The Kier molecular flexibility index (Phi) is 4.54. The van der Waals surface area contributed by atoms with Crippen LogP contribution in [0.4, 0.5) is 0 Å². The van der Waals surface area contributed by atoms with Gasteiger partial charge in [0.2, 0.25) is 0 Å². The van der Waals surface area contributed by atoms with Crippen LogP contribution in [0.15, 0.2) is 24.3 Å². The maximum atomic E-state index is 9.72. The number of benzene rings is 1. The summed E-state index contributed by atoms with van der Waals surface area (Å²) in [7, 11) is 1.87. The highest BCUT2D eigenvalue weighted by Crippen LogP contribution is 2.44. The zero-order valence-electron chi connectivity index (χ0n) is 14.6. The summed E-state index contributed by atoms with van der Waals surface area (Å²) in [5.74, 6) is 1.17. The second-order valence-electron chi connectivity index (χ2n) is 7.85. The van der Waals surface area contributed by atoms with Crippen LogP contribution in [0.5, 0.6) is 5.75 Å². The van der Waals surface area contributed by atoms with Crippen molar-refractivity contribution in [3.63, 3.8) is 0 Å². The molecule has 4 nitrogen and oxygen atoms in total. The van der Waals surface area contributed by atoms with E-state index < -0.39 is 0 Å². The monoisotopic (exact) mass is 331 g/mol. The standard InChI is InChI=1S/C20H29NO3/c1-23-20-8-7-18(24-14-15-5-6-15)12-19(20)21(10-9-20)13-16-3-2-4-17(22)11-16/h2-4,11,15,18-19,22H,5-10,12-14H2,1H3/t18-,19+,20-/m1/s1. The number of phenols is 1. The molecule has 3 atom stereocenters. The van der Waals surface area contributed by atoms with Crippen LogP contribution in [-0.4, -0.2) is 48.0 Å². The Labute approximate surface area is 144 Å². The van der Waals surface area contributed by atoms with E-state index in [1.54, 1.807) is 6.07 Å². The number of fused-ring (bicyclic) bond motifs is 1. The van der Waals surface area contributed by atoms with E-state index in [1.165, 1.54) is 18.4 Å². The third-order valence-corrected chi connectivity index (χ3v) is 6.21. The molecule has 0 unspecified atom stereocenters. The van der Waals surface area contributed by atoms with Crippen molar-refractivity contribution in [3.05, 3.63) is 29.8 Å². The predicted octanol–water partition coefficient (Wildman–Crippen LogP) is 3.33. The van der Waals surface area contributed by atoms with Crippen LogP contribution in [0.2, 0.25) is 0 Å². The summed E-state index contributed by atoms with van der Waals surface area (Å²) in [5, 5.41) is 9.72.